The molecule has 0 saturated carbocycles. The van der Waals surface area contributed by atoms with Gasteiger partial charge in [-0.3, -0.25) is 4.79 Å². The quantitative estimate of drug-likeness (QED) is 0.628. The van der Waals surface area contributed by atoms with Crippen molar-refractivity contribution in [1.82, 2.24) is 4.98 Å². The molecule has 1 aromatic carbocycles. The smallest absolute Gasteiger partial charge is 0.255 e. The molecule has 0 spiro atoms. The Bertz CT molecular complexity index is 510. The number of H-pyrrole nitrogens is 1. The number of rotatable bonds is 0. The summed E-state index contributed by atoms with van der Waals surface area (Å²) in [5, 5.41) is 1.60. The van der Waals surface area contributed by atoms with Gasteiger partial charge < -0.3 is 10.7 Å². The molecular formula is C9H7ClN2O. The molecule has 66 valence electrons. The average molecular weight is 195 g/mol. The highest BCUT2D eigenvalue weighted by Gasteiger charge is 2.04. The number of nitrogens with two attached hydrogens (primary N) is 1. The van der Waals surface area contributed by atoms with E-state index in [0.29, 0.717) is 21.5 Å². The van der Waals surface area contributed by atoms with E-state index in [-0.39, 0.29) is 5.56 Å². The van der Waals surface area contributed by atoms with Crippen molar-refractivity contribution in [3.63, 3.8) is 0 Å². The first kappa shape index (κ1) is 8.13. The molecule has 1 heterocycles. The lowest BCUT2D eigenvalue weighted by atomic mass is 10.1. The van der Waals surface area contributed by atoms with Crippen molar-refractivity contribution in [2.24, 2.45) is 0 Å². The Morgan fingerprint density at radius 2 is 2.15 bits per heavy atom. The van der Waals surface area contributed by atoms with Crippen LogP contribution in [0.15, 0.2) is 29.2 Å². The fourth-order valence-electron chi connectivity index (χ4n) is 1.30. The number of pyridine rings is 1. The van der Waals surface area contributed by atoms with Gasteiger partial charge >= 0.3 is 0 Å². The standard InChI is InChI=1S/C9H7ClN2O/c10-6-4-12-9(13)5-2-1-3-7(11)8(5)6/h1-4H,11H2,(H,12,13). The highest BCUT2D eigenvalue weighted by atomic mass is 35.5. The zero-order valence-corrected chi connectivity index (χ0v) is 7.43. The summed E-state index contributed by atoms with van der Waals surface area (Å²) in [6.45, 7) is 0. The predicted molar refractivity (Wildman–Crippen MR) is 54.0 cm³/mol. The average Bonchev–Trinajstić information content (AvgIpc) is 2.12. The summed E-state index contributed by atoms with van der Waals surface area (Å²) in [7, 11) is 0. The number of halogens is 1. The van der Waals surface area contributed by atoms with Crippen LogP contribution in [0.5, 0.6) is 0 Å². The summed E-state index contributed by atoms with van der Waals surface area (Å²) in [6.07, 6.45) is 1.45. The van der Waals surface area contributed by atoms with Crippen LogP contribution in [0.1, 0.15) is 0 Å². The normalized spacial score (nSPS) is 10.5. The molecular weight excluding hydrogens is 188 g/mol. The molecule has 0 amide bonds. The number of nitrogens with one attached hydrogen (secondary N) is 1. The highest BCUT2D eigenvalue weighted by Crippen LogP contribution is 2.24. The first-order valence-corrected chi connectivity index (χ1v) is 4.13. The molecule has 3 N–H and O–H groups in total. The molecule has 0 bridgehead atoms. The van der Waals surface area contributed by atoms with E-state index in [2.05, 4.69) is 4.98 Å². The third kappa shape index (κ3) is 1.17. The zero-order valence-electron chi connectivity index (χ0n) is 6.67. The first-order valence-electron chi connectivity index (χ1n) is 3.75. The first-order chi connectivity index (χ1) is 6.20. The van der Waals surface area contributed by atoms with Gasteiger partial charge in [0, 0.05) is 17.3 Å². The molecule has 1 aromatic heterocycles. The Kier molecular flexibility index (Phi) is 1.74. The maximum absolute atomic E-state index is 11.3. The van der Waals surface area contributed by atoms with E-state index in [1.54, 1.807) is 18.2 Å². The van der Waals surface area contributed by atoms with Gasteiger partial charge in [0.25, 0.3) is 5.56 Å². The molecule has 2 rings (SSSR count). The number of aromatic amines is 1. The highest BCUT2D eigenvalue weighted by molar-refractivity contribution is 6.36. The molecule has 0 radical (unpaired) electrons. The second kappa shape index (κ2) is 2.78. The number of nitrogen functional groups attached to an aromatic ring is 1. The third-order valence-corrected chi connectivity index (χ3v) is 2.21. The predicted octanol–water partition coefficient (Wildman–Crippen LogP) is 1.76. The van der Waals surface area contributed by atoms with Gasteiger partial charge in [0.05, 0.1) is 10.4 Å². The Hall–Kier alpha value is -1.48. The van der Waals surface area contributed by atoms with Crippen molar-refractivity contribution >= 4 is 28.1 Å². The molecule has 2 aromatic rings. The summed E-state index contributed by atoms with van der Waals surface area (Å²) in [6, 6.07) is 5.13. The Balaban J connectivity index is 3.09. The monoisotopic (exact) mass is 194 g/mol. The second-order valence-electron chi connectivity index (χ2n) is 2.74. The molecule has 0 aliphatic heterocycles. The second-order valence-corrected chi connectivity index (χ2v) is 3.14. The Morgan fingerprint density at radius 1 is 1.38 bits per heavy atom. The number of hydrogen-bond acceptors (Lipinski definition) is 2. The van der Waals surface area contributed by atoms with E-state index in [0.717, 1.165) is 0 Å². The number of benzene rings is 1. The third-order valence-electron chi connectivity index (χ3n) is 1.91. The number of anilines is 1. The topological polar surface area (TPSA) is 58.9 Å². The van der Waals surface area contributed by atoms with E-state index in [4.69, 9.17) is 17.3 Å². The maximum atomic E-state index is 11.3. The lowest BCUT2D eigenvalue weighted by molar-refractivity contribution is 1.28. The molecule has 3 nitrogen and oxygen atoms in total. The molecule has 0 fully saturated rings. The lowest BCUT2D eigenvalue weighted by Gasteiger charge is -2.01. The van der Waals surface area contributed by atoms with Crippen molar-refractivity contribution in [1.29, 1.82) is 0 Å². The maximum Gasteiger partial charge on any atom is 0.255 e. The van der Waals surface area contributed by atoms with Crippen LogP contribution in [0, 0.1) is 0 Å². The number of aromatic nitrogens is 1. The molecule has 0 saturated heterocycles. The molecule has 0 unspecified atom stereocenters. The molecule has 0 aliphatic rings. The molecule has 13 heavy (non-hydrogen) atoms. The Labute approximate surface area is 79.1 Å². The fourth-order valence-corrected chi connectivity index (χ4v) is 1.57. The molecule has 4 heteroatoms. The molecule has 0 atom stereocenters. The van der Waals surface area contributed by atoms with Crippen LogP contribution in [0.2, 0.25) is 5.02 Å². The van der Waals surface area contributed by atoms with Gasteiger partial charge in [-0.2, -0.15) is 0 Å². The van der Waals surface area contributed by atoms with Gasteiger partial charge in [0.2, 0.25) is 0 Å². The molecule has 0 aliphatic carbocycles. The summed E-state index contributed by atoms with van der Waals surface area (Å²) in [5.41, 5.74) is 6.04. The van der Waals surface area contributed by atoms with Crippen molar-refractivity contribution < 1.29 is 0 Å². The minimum absolute atomic E-state index is 0.174. The minimum atomic E-state index is -0.174. The minimum Gasteiger partial charge on any atom is -0.398 e. The number of hydrogen-bond donors (Lipinski definition) is 2. The summed E-state index contributed by atoms with van der Waals surface area (Å²) in [4.78, 5) is 13.8. The Morgan fingerprint density at radius 3 is 2.85 bits per heavy atom. The van der Waals surface area contributed by atoms with Gasteiger partial charge in [0.15, 0.2) is 0 Å². The van der Waals surface area contributed by atoms with Gasteiger partial charge in [-0.1, -0.05) is 17.7 Å². The van der Waals surface area contributed by atoms with E-state index < -0.39 is 0 Å². The van der Waals surface area contributed by atoms with Gasteiger partial charge in [0.1, 0.15) is 0 Å². The van der Waals surface area contributed by atoms with Crippen LogP contribution < -0.4 is 11.3 Å². The summed E-state index contributed by atoms with van der Waals surface area (Å²) < 4.78 is 0. The summed E-state index contributed by atoms with van der Waals surface area (Å²) >= 11 is 5.88. The SMILES string of the molecule is Nc1cccc2c(=O)[nH]cc(Cl)c12. The van der Waals surface area contributed by atoms with Crippen molar-refractivity contribution in [2.45, 2.75) is 0 Å². The van der Waals surface area contributed by atoms with Crippen LogP contribution in [0.4, 0.5) is 5.69 Å². The van der Waals surface area contributed by atoms with Crippen LogP contribution >= 0.6 is 11.6 Å². The number of fused-ring (bicyclic) bond motifs is 1. The van der Waals surface area contributed by atoms with Gasteiger partial charge in [-0.05, 0) is 12.1 Å². The van der Waals surface area contributed by atoms with Gasteiger partial charge in [-0.15, -0.1) is 0 Å². The largest absolute Gasteiger partial charge is 0.398 e. The van der Waals surface area contributed by atoms with Crippen LogP contribution in [0.3, 0.4) is 0 Å². The van der Waals surface area contributed by atoms with Crippen LogP contribution in [-0.4, -0.2) is 4.98 Å². The fraction of sp³-hybridized carbons (Fsp3) is 0. The van der Waals surface area contributed by atoms with E-state index in [9.17, 15) is 4.79 Å². The van der Waals surface area contributed by atoms with Crippen LogP contribution in [-0.2, 0) is 0 Å². The lowest BCUT2D eigenvalue weighted by Crippen LogP contribution is -2.05. The van der Waals surface area contributed by atoms with E-state index in [1.165, 1.54) is 6.20 Å². The zero-order chi connectivity index (χ0) is 9.42. The van der Waals surface area contributed by atoms with Gasteiger partial charge in [-0.25, -0.2) is 0 Å². The van der Waals surface area contributed by atoms with E-state index in [1.807, 2.05) is 0 Å². The van der Waals surface area contributed by atoms with E-state index >= 15 is 0 Å². The summed E-state index contributed by atoms with van der Waals surface area (Å²) in [5.74, 6) is 0. The van der Waals surface area contributed by atoms with Crippen LogP contribution in [0.25, 0.3) is 10.8 Å². The van der Waals surface area contributed by atoms with Crippen molar-refractivity contribution in [2.75, 3.05) is 5.73 Å². The van der Waals surface area contributed by atoms with Crippen molar-refractivity contribution in [3.8, 4) is 0 Å². The van der Waals surface area contributed by atoms with Crippen molar-refractivity contribution in [3.05, 3.63) is 39.8 Å².